The van der Waals surface area contributed by atoms with Crippen LogP contribution in [0.3, 0.4) is 0 Å². The molecular weight excluding hydrogens is 326 g/mol. The van der Waals surface area contributed by atoms with Crippen molar-refractivity contribution in [3.05, 3.63) is 59.7 Å². The van der Waals surface area contributed by atoms with E-state index in [-0.39, 0.29) is 17.9 Å². The van der Waals surface area contributed by atoms with Gasteiger partial charge in [-0.3, -0.25) is 9.78 Å². The number of hydrogen-bond acceptors (Lipinski definition) is 4. The van der Waals surface area contributed by atoms with Crippen molar-refractivity contribution >= 4 is 5.91 Å². The molecule has 0 spiro atoms. The quantitative estimate of drug-likeness (QED) is 0.903. The Morgan fingerprint density at radius 1 is 1.15 bits per heavy atom. The van der Waals surface area contributed by atoms with Gasteiger partial charge in [-0.15, -0.1) is 0 Å². The monoisotopic (exact) mass is 351 g/mol. The zero-order valence-corrected chi connectivity index (χ0v) is 15.1. The molecule has 2 heterocycles. The van der Waals surface area contributed by atoms with Gasteiger partial charge in [-0.1, -0.05) is 43.2 Å². The lowest BCUT2D eigenvalue weighted by Crippen LogP contribution is -2.59. The number of piperidine rings is 1. The number of aromatic nitrogens is 2. The van der Waals surface area contributed by atoms with Crippen LogP contribution in [-0.4, -0.2) is 38.5 Å². The topological polar surface area (TPSA) is 66.3 Å². The second kappa shape index (κ2) is 6.80. The van der Waals surface area contributed by atoms with Crippen molar-refractivity contribution < 1.29 is 9.90 Å². The Morgan fingerprint density at radius 3 is 2.65 bits per heavy atom. The van der Waals surface area contributed by atoms with Gasteiger partial charge in [0.15, 0.2) is 0 Å². The summed E-state index contributed by atoms with van der Waals surface area (Å²) in [7, 11) is 0. The van der Waals surface area contributed by atoms with Crippen molar-refractivity contribution in [3.8, 4) is 0 Å². The summed E-state index contributed by atoms with van der Waals surface area (Å²) in [6, 6.07) is 10.00. The van der Waals surface area contributed by atoms with Crippen molar-refractivity contribution in [2.45, 2.75) is 50.7 Å². The molecular formula is C21H25N3O2. The molecule has 0 bridgehead atoms. The number of aliphatic hydroxyl groups is 1. The fourth-order valence-corrected chi connectivity index (χ4v) is 4.67. The van der Waals surface area contributed by atoms with E-state index in [1.54, 1.807) is 12.4 Å². The molecule has 1 aliphatic heterocycles. The van der Waals surface area contributed by atoms with Gasteiger partial charge in [0.05, 0.1) is 17.5 Å². The molecule has 2 fully saturated rings. The summed E-state index contributed by atoms with van der Waals surface area (Å²) in [6.07, 6.45) is 7.83. The second-order valence-electron chi connectivity index (χ2n) is 7.54. The molecule has 0 radical (unpaired) electrons. The average Bonchev–Trinajstić information content (AvgIpc) is 2.69. The number of aryl methyl sites for hydroxylation is 1. The van der Waals surface area contributed by atoms with E-state index in [1.807, 2.05) is 42.2 Å². The minimum absolute atomic E-state index is 0.0540. The summed E-state index contributed by atoms with van der Waals surface area (Å²) in [6.45, 7) is 2.40. The molecule has 1 amide bonds. The van der Waals surface area contributed by atoms with Gasteiger partial charge in [0.1, 0.15) is 5.69 Å². The molecule has 1 aliphatic carbocycles. The molecule has 1 aromatic carbocycles. The van der Waals surface area contributed by atoms with Crippen molar-refractivity contribution in [3.63, 3.8) is 0 Å². The Hall–Kier alpha value is -2.27. The first kappa shape index (κ1) is 17.2. The standard InChI is InChI=1S/C21H25N3O2/c1-15-13-23-18(14-22-15)20(25)24-12-11-21(26,16-7-3-2-4-8-16)17-9-5-6-10-19(17)24/h2-4,7-8,13-14,17,19,26H,5-6,9-12H2,1H3. The lowest BCUT2D eigenvalue weighted by atomic mass is 9.66. The number of benzene rings is 1. The molecule has 5 heteroatoms. The van der Waals surface area contributed by atoms with Gasteiger partial charge in [-0.25, -0.2) is 4.98 Å². The van der Waals surface area contributed by atoms with Gasteiger partial charge >= 0.3 is 0 Å². The molecule has 3 unspecified atom stereocenters. The van der Waals surface area contributed by atoms with Crippen LogP contribution in [0.1, 0.15) is 53.8 Å². The lowest BCUT2D eigenvalue weighted by molar-refractivity contribution is -0.110. The number of hydrogen-bond donors (Lipinski definition) is 1. The van der Waals surface area contributed by atoms with E-state index >= 15 is 0 Å². The van der Waals surface area contributed by atoms with Crippen LogP contribution < -0.4 is 0 Å². The molecule has 1 N–H and O–H groups in total. The number of fused-ring (bicyclic) bond motifs is 1. The normalized spacial score (nSPS) is 28.5. The van der Waals surface area contributed by atoms with Gasteiger partial charge in [0.25, 0.3) is 5.91 Å². The van der Waals surface area contributed by atoms with Gasteiger partial charge < -0.3 is 10.0 Å². The maximum Gasteiger partial charge on any atom is 0.274 e. The molecule has 4 rings (SSSR count). The minimum atomic E-state index is -0.859. The first-order chi connectivity index (χ1) is 12.6. The highest BCUT2D eigenvalue weighted by molar-refractivity contribution is 5.92. The zero-order chi connectivity index (χ0) is 18.1. The third-order valence-electron chi connectivity index (χ3n) is 6.01. The second-order valence-corrected chi connectivity index (χ2v) is 7.54. The van der Waals surface area contributed by atoms with E-state index in [4.69, 9.17) is 0 Å². The van der Waals surface area contributed by atoms with Gasteiger partial charge in [0.2, 0.25) is 0 Å². The molecule has 2 aromatic rings. The number of carbonyl (C=O) groups excluding carboxylic acids is 1. The van der Waals surface area contributed by atoms with Crippen LogP contribution in [0.15, 0.2) is 42.7 Å². The summed E-state index contributed by atoms with van der Waals surface area (Å²) in [5, 5.41) is 11.6. The third kappa shape index (κ3) is 2.90. The smallest absolute Gasteiger partial charge is 0.274 e. The summed E-state index contributed by atoms with van der Waals surface area (Å²) in [5.74, 6) is -0.000677. The highest BCUT2D eigenvalue weighted by Crippen LogP contribution is 2.47. The van der Waals surface area contributed by atoms with Crippen LogP contribution >= 0.6 is 0 Å². The summed E-state index contributed by atoms with van der Waals surface area (Å²) in [4.78, 5) is 23.5. The lowest BCUT2D eigenvalue weighted by Gasteiger charge is -2.52. The molecule has 136 valence electrons. The van der Waals surface area contributed by atoms with E-state index in [0.29, 0.717) is 18.7 Å². The maximum absolute atomic E-state index is 13.1. The largest absolute Gasteiger partial charge is 0.385 e. The number of likely N-dealkylation sites (tertiary alicyclic amines) is 1. The van der Waals surface area contributed by atoms with Crippen LogP contribution in [0.5, 0.6) is 0 Å². The SMILES string of the molecule is Cc1cnc(C(=O)N2CCC(O)(c3ccccc3)C3CCCCC32)cn1. The van der Waals surface area contributed by atoms with Gasteiger partial charge in [-0.2, -0.15) is 0 Å². The number of carbonyl (C=O) groups is 1. The first-order valence-corrected chi connectivity index (χ1v) is 9.47. The van der Waals surface area contributed by atoms with Crippen molar-refractivity contribution in [2.75, 3.05) is 6.54 Å². The predicted molar refractivity (Wildman–Crippen MR) is 98.5 cm³/mol. The Balaban J connectivity index is 1.64. The Kier molecular flexibility index (Phi) is 4.49. The van der Waals surface area contributed by atoms with E-state index in [2.05, 4.69) is 9.97 Å². The fraction of sp³-hybridized carbons (Fsp3) is 0.476. The van der Waals surface area contributed by atoms with Gasteiger partial charge in [0, 0.05) is 24.7 Å². The zero-order valence-electron chi connectivity index (χ0n) is 15.1. The van der Waals surface area contributed by atoms with Crippen molar-refractivity contribution in [1.29, 1.82) is 0 Å². The number of nitrogens with zero attached hydrogens (tertiary/aromatic N) is 3. The summed E-state index contributed by atoms with van der Waals surface area (Å²) < 4.78 is 0. The van der Waals surface area contributed by atoms with E-state index < -0.39 is 5.60 Å². The molecule has 5 nitrogen and oxygen atoms in total. The van der Waals surface area contributed by atoms with Gasteiger partial charge in [-0.05, 0) is 31.7 Å². The van der Waals surface area contributed by atoms with Crippen molar-refractivity contribution in [1.82, 2.24) is 14.9 Å². The van der Waals surface area contributed by atoms with E-state index in [0.717, 1.165) is 36.9 Å². The number of amides is 1. The van der Waals surface area contributed by atoms with E-state index in [1.165, 1.54) is 0 Å². The molecule has 26 heavy (non-hydrogen) atoms. The van der Waals surface area contributed by atoms with Crippen LogP contribution in [0.2, 0.25) is 0 Å². The summed E-state index contributed by atoms with van der Waals surface area (Å²) >= 11 is 0. The molecule has 3 atom stereocenters. The van der Waals surface area contributed by atoms with Crippen molar-refractivity contribution in [2.24, 2.45) is 5.92 Å². The molecule has 1 aromatic heterocycles. The Labute approximate surface area is 154 Å². The highest BCUT2D eigenvalue weighted by atomic mass is 16.3. The third-order valence-corrected chi connectivity index (χ3v) is 6.01. The first-order valence-electron chi connectivity index (χ1n) is 9.47. The Bertz CT molecular complexity index is 778. The van der Waals surface area contributed by atoms with Crippen LogP contribution in [0.4, 0.5) is 0 Å². The van der Waals surface area contributed by atoms with E-state index in [9.17, 15) is 9.90 Å². The summed E-state index contributed by atoms with van der Waals surface area (Å²) in [5.41, 5.74) is 1.31. The van der Waals surface area contributed by atoms with Crippen LogP contribution in [0.25, 0.3) is 0 Å². The predicted octanol–water partition coefficient (Wildman–Crippen LogP) is 3.08. The minimum Gasteiger partial charge on any atom is -0.385 e. The maximum atomic E-state index is 13.1. The Morgan fingerprint density at radius 2 is 1.92 bits per heavy atom. The molecule has 1 saturated heterocycles. The average molecular weight is 351 g/mol. The molecule has 2 aliphatic rings. The number of rotatable bonds is 2. The van der Waals surface area contributed by atoms with Crippen LogP contribution in [0, 0.1) is 12.8 Å². The highest BCUT2D eigenvalue weighted by Gasteiger charge is 2.50. The van der Waals surface area contributed by atoms with Crippen LogP contribution in [-0.2, 0) is 5.60 Å². The fourth-order valence-electron chi connectivity index (χ4n) is 4.67. The molecule has 1 saturated carbocycles.